The fourth-order valence-corrected chi connectivity index (χ4v) is 2.74. The summed E-state index contributed by atoms with van der Waals surface area (Å²) in [7, 11) is 0. The number of hydrogen-bond donors (Lipinski definition) is 1. The Kier molecular flexibility index (Phi) is 8.46. The highest BCUT2D eigenvalue weighted by Crippen LogP contribution is 2.30. The van der Waals surface area contributed by atoms with Gasteiger partial charge >= 0.3 is 5.97 Å². The van der Waals surface area contributed by atoms with Crippen LogP contribution in [-0.4, -0.2) is 23.3 Å². The summed E-state index contributed by atoms with van der Waals surface area (Å²) in [5, 5.41) is 0.449. The highest BCUT2D eigenvalue weighted by molar-refractivity contribution is 7.99. The third-order valence-electron chi connectivity index (χ3n) is 2.71. The fourth-order valence-electron chi connectivity index (χ4n) is 1.58. The van der Waals surface area contributed by atoms with Gasteiger partial charge < -0.3 is 10.5 Å². The van der Waals surface area contributed by atoms with Gasteiger partial charge in [-0.3, -0.25) is 4.79 Å². The lowest BCUT2D eigenvalue weighted by Crippen LogP contribution is -2.06. The number of anilines is 1. The number of nitrogen functional groups attached to an aromatic ring is 1. The van der Waals surface area contributed by atoms with Crippen LogP contribution in [0.1, 0.15) is 39.0 Å². The van der Waals surface area contributed by atoms with Crippen molar-refractivity contribution < 1.29 is 9.53 Å². The fraction of sp³-hybridized carbons (Fsp3) is 0.571. The summed E-state index contributed by atoms with van der Waals surface area (Å²) in [6.07, 6.45) is 6.41. The predicted octanol–water partition coefficient (Wildman–Crippen LogP) is 3.92. The minimum atomic E-state index is -0.160. The van der Waals surface area contributed by atoms with Crippen LogP contribution in [0.2, 0.25) is 5.02 Å². The molecule has 2 N–H and O–H groups in total. The van der Waals surface area contributed by atoms with Crippen LogP contribution >= 0.6 is 23.4 Å². The van der Waals surface area contributed by atoms with Crippen LogP contribution < -0.4 is 5.73 Å². The second-order valence-electron chi connectivity index (χ2n) is 4.39. The topological polar surface area (TPSA) is 65.2 Å². The number of esters is 1. The van der Waals surface area contributed by atoms with Crippen LogP contribution in [0.4, 0.5) is 5.82 Å². The molecule has 0 radical (unpaired) electrons. The van der Waals surface area contributed by atoms with Gasteiger partial charge in [-0.2, -0.15) is 0 Å². The highest BCUT2D eigenvalue weighted by Gasteiger charge is 2.07. The number of hydrogen-bond acceptors (Lipinski definition) is 5. The minimum Gasteiger partial charge on any atom is -0.466 e. The summed E-state index contributed by atoms with van der Waals surface area (Å²) in [6.45, 7) is 2.67. The number of carbonyl (C=O) groups is 1. The molecule has 0 aliphatic carbocycles. The van der Waals surface area contributed by atoms with Crippen molar-refractivity contribution in [2.75, 3.05) is 18.1 Å². The second kappa shape index (κ2) is 9.88. The Morgan fingerprint density at radius 3 is 3.00 bits per heavy atom. The number of nitrogens with two attached hydrogens (primary N) is 1. The molecular weight excluding hydrogens is 296 g/mol. The average Bonchev–Trinajstić information content (AvgIpc) is 2.43. The van der Waals surface area contributed by atoms with E-state index >= 15 is 0 Å². The van der Waals surface area contributed by atoms with E-state index in [4.69, 9.17) is 22.1 Å². The SMILES string of the molecule is CCCCCCOC(=O)CCSc1ccnc(N)c1Cl. The van der Waals surface area contributed by atoms with Crippen LogP contribution in [0.5, 0.6) is 0 Å². The summed E-state index contributed by atoms with van der Waals surface area (Å²) in [6, 6.07) is 1.79. The van der Waals surface area contributed by atoms with Gasteiger partial charge in [-0.25, -0.2) is 4.98 Å². The maximum absolute atomic E-state index is 11.5. The molecule has 0 saturated carbocycles. The molecule has 0 aromatic carbocycles. The van der Waals surface area contributed by atoms with Gasteiger partial charge in [0.15, 0.2) is 0 Å². The number of rotatable bonds is 9. The van der Waals surface area contributed by atoms with Crippen molar-refractivity contribution in [3.05, 3.63) is 17.3 Å². The summed E-state index contributed by atoms with van der Waals surface area (Å²) in [4.78, 5) is 16.2. The highest BCUT2D eigenvalue weighted by atomic mass is 35.5. The first-order chi connectivity index (χ1) is 9.65. The van der Waals surface area contributed by atoms with Gasteiger partial charge in [0.25, 0.3) is 0 Å². The first-order valence-electron chi connectivity index (χ1n) is 6.83. The zero-order valence-electron chi connectivity index (χ0n) is 11.7. The van der Waals surface area contributed by atoms with Crippen molar-refractivity contribution in [3.63, 3.8) is 0 Å². The number of nitrogens with zero attached hydrogens (tertiary/aromatic N) is 1. The maximum atomic E-state index is 11.5. The third kappa shape index (κ3) is 6.48. The Bertz CT molecular complexity index is 430. The molecule has 1 aromatic rings. The summed E-state index contributed by atoms with van der Waals surface area (Å²) in [5.41, 5.74) is 5.61. The molecule has 0 bridgehead atoms. The minimum absolute atomic E-state index is 0.160. The number of carbonyl (C=O) groups excluding carboxylic acids is 1. The molecule has 1 heterocycles. The van der Waals surface area contributed by atoms with E-state index in [9.17, 15) is 4.79 Å². The van der Waals surface area contributed by atoms with E-state index in [2.05, 4.69) is 11.9 Å². The molecule has 112 valence electrons. The Morgan fingerprint density at radius 2 is 2.25 bits per heavy atom. The zero-order valence-corrected chi connectivity index (χ0v) is 13.3. The van der Waals surface area contributed by atoms with E-state index in [0.29, 0.717) is 29.6 Å². The number of pyridine rings is 1. The van der Waals surface area contributed by atoms with Gasteiger partial charge in [0, 0.05) is 16.8 Å². The van der Waals surface area contributed by atoms with E-state index in [0.717, 1.165) is 17.7 Å². The first-order valence-corrected chi connectivity index (χ1v) is 8.20. The molecule has 0 amide bonds. The summed E-state index contributed by atoms with van der Waals surface area (Å²) >= 11 is 7.50. The molecular formula is C14H21ClN2O2S. The second-order valence-corrected chi connectivity index (χ2v) is 5.90. The van der Waals surface area contributed by atoms with Gasteiger partial charge in [-0.05, 0) is 12.5 Å². The molecule has 4 nitrogen and oxygen atoms in total. The van der Waals surface area contributed by atoms with Gasteiger partial charge in [0.2, 0.25) is 0 Å². The maximum Gasteiger partial charge on any atom is 0.306 e. The van der Waals surface area contributed by atoms with Gasteiger partial charge in [-0.1, -0.05) is 37.8 Å². The largest absolute Gasteiger partial charge is 0.466 e. The summed E-state index contributed by atoms with van der Waals surface area (Å²) < 4.78 is 5.16. The van der Waals surface area contributed by atoms with Gasteiger partial charge in [0.05, 0.1) is 18.1 Å². The van der Waals surface area contributed by atoms with E-state index in [1.807, 2.05) is 0 Å². The molecule has 0 aliphatic heterocycles. The number of ether oxygens (including phenoxy) is 1. The zero-order chi connectivity index (χ0) is 14.8. The normalized spacial score (nSPS) is 10.5. The number of aromatic nitrogens is 1. The molecule has 0 spiro atoms. The monoisotopic (exact) mass is 316 g/mol. The lowest BCUT2D eigenvalue weighted by Gasteiger charge is -2.06. The van der Waals surface area contributed by atoms with Crippen LogP contribution in [0, 0.1) is 0 Å². The van der Waals surface area contributed by atoms with Gasteiger partial charge in [-0.15, -0.1) is 11.8 Å². The molecule has 6 heteroatoms. The van der Waals surface area contributed by atoms with Crippen molar-refractivity contribution in [2.45, 2.75) is 43.9 Å². The van der Waals surface area contributed by atoms with Crippen LogP contribution in [0.15, 0.2) is 17.2 Å². The number of unbranched alkanes of at least 4 members (excludes halogenated alkanes) is 3. The Labute approximate surface area is 129 Å². The van der Waals surface area contributed by atoms with Crippen molar-refractivity contribution in [2.24, 2.45) is 0 Å². The smallest absolute Gasteiger partial charge is 0.306 e. The molecule has 0 atom stereocenters. The number of halogens is 1. The third-order valence-corrected chi connectivity index (χ3v) is 4.27. The predicted molar refractivity (Wildman–Crippen MR) is 84.1 cm³/mol. The van der Waals surface area contributed by atoms with Crippen molar-refractivity contribution in [1.29, 1.82) is 0 Å². The van der Waals surface area contributed by atoms with Crippen LogP contribution in [0.3, 0.4) is 0 Å². The van der Waals surface area contributed by atoms with E-state index < -0.39 is 0 Å². The van der Waals surface area contributed by atoms with Crippen molar-refractivity contribution in [3.8, 4) is 0 Å². The lowest BCUT2D eigenvalue weighted by molar-refractivity contribution is -0.143. The van der Waals surface area contributed by atoms with E-state index in [1.165, 1.54) is 24.6 Å². The summed E-state index contributed by atoms with van der Waals surface area (Å²) in [5.74, 6) is 0.777. The quantitative estimate of drug-likeness (QED) is 0.425. The van der Waals surface area contributed by atoms with Crippen molar-refractivity contribution >= 4 is 35.1 Å². The van der Waals surface area contributed by atoms with E-state index in [1.54, 1.807) is 12.3 Å². The van der Waals surface area contributed by atoms with Crippen LogP contribution in [-0.2, 0) is 9.53 Å². The van der Waals surface area contributed by atoms with Crippen molar-refractivity contribution in [1.82, 2.24) is 4.98 Å². The van der Waals surface area contributed by atoms with E-state index in [-0.39, 0.29) is 5.97 Å². The first kappa shape index (κ1) is 17.1. The molecule has 0 saturated heterocycles. The standard InChI is InChI=1S/C14H21ClN2O2S/c1-2-3-4-5-9-19-12(18)7-10-20-11-6-8-17-14(16)13(11)15/h6,8H,2-5,7,9-10H2,1H3,(H2,16,17). The molecule has 1 rings (SSSR count). The average molecular weight is 317 g/mol. The number of thioether (sulfide) groups is 1. The Morgan fingerprint density at radius 1 is 1.45 bits per heavy atom. The molecule has 20 heavy (non-hydrogen) atoms. The lowest BCUT2D eigenvalue weighted by atomic mass is 10.2. The Balaban J connectivity index is 2.17. The Hall–Kier alpha value is -0.940. The molecule has 0 fully saturated rings. The van der Waals surface area contributed by atoms with Gasteiger partial charge in [0.1, 0.15) is 5.82 Å². The molecule has 1 aromatic heterocycles. The molecule has 0 unspecified atom stereocenters. The van der Waals surface area contributed by atoms with Crippen LogP contribution in [0.25, 0.3) is 0 Å². The molecule has 0 aliphatic rings.